The molecule has 0 aliphatic carbocycles. The van der Waals surface area contributed by atoms with Crippen LogP contribution in [0.25, 0.3) is 28.0 Å². The molecule has 5 aromatic rings. The van der Waals surface area contributed by atoms with Crippen LogP contribution >= 0.6 is 0 Å². The first-order valence-electron chi connectivity index (χ1n) is 12.0. The van der Waals surface area contributed by atoms with Crippen LogP contribution in [-0.4, -0.2) is 49.7 Å². The van der Waals surface area contributed by atoms with Gasteiger partial charge < -0.3 is 10.6 Å². The summed E-state index contributed by atoms with van der Waals surface area (Å²) in [5.41, 5.74) is 11.1. The quantitative estimate of drug-likeness (QED) is 0.319. The Labute approximate surface area is 224 Å². The number of nitrogens with zero attached hydrogens (tertiary/aromatic N) is 9. The fourth-order valence-corrected chi connectivity index (χ4v) is 4.32. The molecule has 39 heavy (non-hydrogen) atoms. The number of rotatable bonds is 7. The summed E-state index contributed by atoms with van der Waals surface area (Å²) in [5, 5.41) is 18.0. The van der Waals surface area contributed by atoms with Gasteiger partial charge in [-0.25, -0.2) is 23.6 Å². The van der Waals surface area contributed by atoms with E-state index in [4.69, 9.17) is 10.7 Å². The van der Waals surface area contributed by atoms with Crippen LogP contribution in [0.3, 0.4) is 0 Å². The molecule has 0 bridgehead atoms. The zero-order valence-corrected chi connectivity index (χ0v) is 21.6. The van der Waals surface area contributed by atoms with Gasteiger partial charge in [0.15, 0.2) is 11.6 Å². The zero-order chi connectivity index (χ0) is 27.5. The number of fused-ring (bicyclic) bond motifs is 1. The van der Waals surface area contributed by atoms with E-state index in [0.29, 0.717) is 16.9 Å². The van der Waals surface area contributed by atoms with Gasteiger partial charge in [0.1, 0.15) is 11.9 Å². The van der Waals surface area contributed by atoms with Crippen LogP contribution < -0.4 is 10.6 Å². The maximum atomic E-state index is 13.3. The maximum Gasteiger partial charge on any atom is 0.161 e. The van der Waals surface area contributed by atoms with E-state index in [9.17, 15) is 9.65 Å². The standard InChI is InChI=1S/C28H25FN10/c1-18(19-4-7-27(34-12-19)38-17-24(29)15-36-38)37(3)26-6-5-20(13-33-26)25-8-21(22(9-30)11-32-2)16-39-28(25)23(10-31)14-35-39/h4-9,11-18H,30H2,1-3H3/t18-/m0/s1. The number of nitrogens with two attached hydrogens (primary N) is 1. The summed E-state index contributed by atoms with van der Waals surface area (Å²) in [6.45, 7) is 2.05. The number of halogens is 1. The minimum absolute atomic E-state index is 0.0418. The summed E-state index contributed by atoms with van der Waals surface area (Å²) >= 11 is 0. The average molecular weight is 521 g/mol. The second-order valence-electron chi connectivity index (χ2n) is 8.86. The van der Waals surface area contributed by atoms with Gasteiger partial charge in [-0.1, -0.05) is 6.07 Å². The van der Waals surface area contributed by atoms with Crippen molar-refractivity contribution in [1.82, 2.24) is 29.4 Å². The van der Waals surface area contributed by atoms with Crippen molar-refractivity contribution in [3.63, 3.8) is 0 Å². The lowest BCUT2D eigenvalue weighted by molar-refractivity contribution is 0.627. The van der Waals surface area contributed by atoms with E-state index >= 15 is 0 Å². The van der Waals surface area contributed by atoms with Crippen molar-refractivity contribution >= 4 is 23.1 Å². The van der Waals surface area contributed by atoms with Crippen molar-refractivity contribution < 1.29 is 4.39 Å². The molecule has 0 aliphatic heterocycles. The highest BCUT2D eigenvalue weighted by Crippen LogP contribution is 2.31. The second-order valence-corrected chi connectivity index (χ2v) is 8.86. The first kappa shape index (κ1) is 25.3. The minimum atomic E-state index is -0.417. The first-order chi connectivity index (χ1) is 18.9. The van der Waals surface area contributed by atoms with Crippen LogP contribution in [0.2, 0.25) is 0 Å². The number of allylic oxidation sites excluding steroid dienone is 1. The lowest BCUT2D eigenvalue weighted by atomic mass is 10.0. The molecule has 194 valence electrons. The number of pyridine rings is 3. The molecule has 2 N–H and O–H groups in total. The van der Waals surface area contributed by atoms with Gasteiger partial charge in [-0.05, 0) is 36.8 Å². The summed E-state index contributed by atoms with van der Waals surface area (Å²) < 4.78 is 16.4. The van der Waals surface area contributed by atoms with E-state index in [1.807, 2.05) is 49.3 Å². The third kappa shape index (κ3) is 4.83. The molecule has 5 aromatic heterocycles. The molecule has 5 heterocycles. The molecule has 11 heteroatoms. The van der Waals surface area contributed by atoms with E-state index in [1.165, 1.54) is 17.1 Å². The first-order valence-corrected chi connectivity index (χ1v) is 12.0. The van der Waals surface area contributed by atoms with Crippen molar-refractivity contribution in [3.05, 3.63) is 96.2 Å². The number of aromatic nitrogens is 6. The third-order valence-corrected chi connectivity index (χ3v) is 6.55. The minimum Gasteiger partial charge on any atom is -0.404 e. The van der Waals surface area contributed by atoms with Crippen LogP contribution in [0.1, 0.15) is 29.7 Å². The molecule has 1 atom stereocenters. The van der Waals surface area contributed by atoms with Gasteiger partial charge in [0.05, 0.1) is 35.7 Å². The number of hydrogen-bond acceptors (Lipinski definition) is 8. The Morgan fingerprint density at radius 1 is 1.13 bits per heavy atom. The van der Waals surface area contributed by atoms with E-state index < -0.39 is 5.82 Å². The molecule has 0 unspecified atom stereocenters. The Morgan fingerprint density at radius 2 is 1.97 bits per heavy atom. The van der Waals surface area contributed by atoms with Gasteiger partial charge in [-0.3, -0.25) is 4.99 Å². The molecule has 0 radical (unpaired) electrons. The highest BCUT2D eigenvalue weighted by molar-refractivity contribution is 6.10. The number of nitriles is 1. The topological polar surface area (TPSA) is 126 Å². The van der Waals surface area contributed by atoms with Gasteiger partial charge in [0, 0.05) is 67.4 Å². The largest absolute Gasteiger partial charge is 0.404 e. The zero-order valence-electron chi connectivity index (χ0n) is 21.6. The van der Waals surface area contributed by atoms with E-state index in [-0.39, 0.29) is 6.04 Å². The highest BCUT2D eigenvalue weighted by Gasteiger charge is 2.17. The molecule has 0 amide bonds. The Bertz CT molecular complexity index is 1720. The van der Waals surface area contributed by atoms with E-state index in [0.717, 1.165) is 39.8 Å². The Kier molecular flexibility index (Phi) is 6.84. The van der Waals surface area contributed by atoms with Crippen molar-refractivity contribution in [1.29, 1.82) is 5.26 Å². The molecular formula is C28H25FN10. The van der Waals surface area contributed by atoms with E-state index in [2.05, 4.69) is 26.2 Å². The SMILES string of the molecule is CN=CC(=CN)c1cc(-c2ccc(N(C)[C@@H](C)c3ccc(-n4cc(F)cn4)nc3)nc2)c2c(C#N)cnn2c1. The molecule has 0 saturated carbocycles. The normalized spacial score (nSPS) is 12.6. The molecule has 0 aliphatic rings. The third-order valence-electron chi connectivity index (χ3n) is 6.55. The van der Waals surface area contributed by atoms with Gasteiger partial charge in [0.2, 0.25) is 0 Å². The summed E-state index contributed by atoms with van der Waals surface area (Å²) in [5.74, 6) is 0.869. The molecule has 5 rings (SSSR count). The number of aliphatic imine (C=N–C) groups is 1. The molecular weight excluding hydrogens is 495 g/mol. The highest BCUT2D eigenvalue weighted by atomic mass is 19.1. The van der Waals surface area contributed by atoms with Crippen molar-refractivity contribution in [2.45, 2.75) is 13.0 Å². The molecule has 0 fully saturated rings. The van der Waals surface area contributed by atoms with E-state index in [1.54, 1.807) is 42.4 Å². The van der Waals surface area contributed by atoms with Crippen LogP contribution in [0.15, 0.2) is 78.7 Å². The molecule has 0 spiro atoms. The van der Waals surface area contributed by atoms with Gasteiger partial charge in [-0.15, -0.1) is 0 Å². The fourth-order valence-electron chi connectivity index (χ4n) is 4.32. The predicted octanol–water partition coefficient (Wildman–Crippen LogP) is 4.19. The van der Waals surface area contributed by atoms with Crippen molar-refractivity contribution in [2.24, 2.45) is 10.7 Å². The second kappa shape index (κ2) is 10.5. The van der Waals surface area contributed by atoms with Crippen LogP contribution in [-0.2, 0) is 0 Å². The summed E-state index contributed by atoms with van der Waals surface area (Å²) in [7, 11) is 3.63. The van der Waals surface area contributed by atoms with Crippen LogP contribution in [0, 0.1) is 17.1 Å². The van der Waals surface area contributed by atoms with Gasteiger partial charge >= 0.3 is 0 Å². The Hall–Kier alpha value is -5.37. The summed E-state index contributed by atoms with van der Waals surface area (Å²) in [4.78, 5) is 15.3. The Morgan fingerprint density at radius 3 is 2.59 bits per heavy atom. The maximum absolute atomic E-state index is 13.3. The molecule has 0 aromatic carbocycles. The van der Waals surface area contributed by atoms with Crippen LogP contribution in [0.5, 0.6) is 0 Å². The smallest absolute Gasteiger partial charge is 0.161 e. The number of anilines is 1. The average Bonchev–Trinajstić information content (AvgIpc) is 3.60. The van der Waals surface area contributed by atoms with Crippen molar-refractivity contribution in [3.8, 4) is 23.0 Å². The van der Waals surface area contributed by atoms with Crippen molar-refractivity contribution in [2.75, 3.05) is 19.0 Å². The molecule has 10 nitrogen and oxygen atoms in total. The summed E-state index contributed by atoms with van der Waals surface area (Å²) in [6.07, 6.45) is 12.5. The lowest BCUT2D eigenvalue weighted by Crippen LogP contribution is -2.22. The van der Waals surface area contributed by atoms with Gasteiger partial charge in [-0.2, -0.15) is 15.5 Å². The van der Waals surface area contributed by atoms with Crippen LogP contribution in [0.4, 0.5) is 10.2 Å². The summed E-state index contributed by atoms with van der Waals surface area (Å²) in [6, 6.07) is 11.8. The lowest BCUT2D eigenvalue weighted by Gasteiger charge is -2.26. The number of hydrogen-bond donors (Lipinski definition) is 1. The molecule has 0 saturated heterocycles. The fraction of sp³-hybridized carbons (Fsp3) is 0.143. The predicted molar refractivity (Wildman–Crippen MR) is 148 cm³/mol. The Balaban J connectivity index is 1.45. The van der Waals surface area contributed by atoms with Gasteiger partial charge in [0.25, 0.3) is 0 Å². The monoisotopic (exact) mass is 520 g/mol.